The summed E-state index contributed by atoms with van der Waals surface area (Å²) < 4.78 is 0. The van der Waals surface area contributed by atoms with E-state index < -0.39 is 0 Å². The second-order valence-electron chi connectivity index (χ2n) is 7.38. The molecular formula is C20H33N3. The van der Waals surface area contributed by atoms with Crippen molar-refractivity contribution in [3.05, 3.63) is 35.4 Å². The maximum absolute atomic E-state index is 3.49. The molecule has 1 unspecified atom stereocenters. The van der Waals surface area contributed by atoms with Crippen LogP contribution in [-0.4, -0.2) is 55.6 Å². The summed E-state index contributed by atoms with van der Waals surface area (Å²) >= 11 is 0. The first-order chi connectivity index (χ1) is 11.3. The third-order valence-electron chi connectivity index (χ3n) is 5.67. The second kappa shape index (κ2) is 8.27. The molecule has 3 rings (SSSR count). The Balaban J connectivity index is 1.72. The summed E-state index contributed by atoms with van der Waals surface area (Å²) in [6, 6.07) is 9.94. The standard InChI is InChI=1S/C20H33N3/c1-3-18-4-6-19(7-5-18)20(23-14-10-21-11-15-23)16-22-12-8-17(2)9-13-22/h4-7,17,20-21H,3,8-16H2,1-2H3. The second-order valence-corrected chi connectivity index (χ2v) is 7.38. The largest absolute Gasteiger partial charge is 0.314 e. The molecule has 0 amide bonds. The number of aryl methyl sites for hydroxylation is 1. The van der Waals surface area contributed by atoms with E-state index in [2.05, 4.69) is 53.2 Å². The maximum atomic E-state index is 3.49. The van der Waals surface area contributed by atoms with Crippen LogP contribution in [0, 0.1) is 5.92 Å². The first-order valence-electron chi connectivity index (χ1n) is 9.52. The molecule has 0 aromatic heterocycles. The van der Waals surface area contributed by atoms with Crippen LogP contribution in [0.25, 0.3) is 0 Å². The number of nitrogens with zero attached hydrogens (tertiary/aromatic N) is 2. The van der Waals surface area contributed by atoms with Crippen molar-refractivity contribution in [2.24, 2.45) is 5.92 Å². The van der Waals surface area contributed by atoms with E-state index in [0.29, 0.717) is 6.04 Å². The molecule has 1 aromatic carbocycles. The molecule has 23 heavy (non-hydrogen) atoms. The minimum Gasteiger partial charge on any atom is -0.314 e. The first-order valence-corrected chi connectivity index (χ1v) is 9.52. The van der Waals surface area contributed by atoms with Gasteiger partial charge in [-0.2, -0.15) is 0 Å². The Morgan fingerprint density at radius 2 is 1.70 bits per heavy atom. The van der Waals surface area contributed by atoms with Crippen molar-refractivity contribution < 1.29 is 0 Å². The average molecular weight is 316 g/mol. The van der Waals surface area contributed by atoms with E-state index >= 15 is 0 Å². The van der Waals surface area contributed by atoms with E-state index in [1.54, 1.807) is 0 Å². The lowest BCUT2D eigenvalue weighted by molar-refractivity contribution is 0.104. The highest BCUT2D eigenvalue weighted by molar-refractivity contribution is 5.25. The van der Waals surface area contributed by atoms with Crippen molar-refractivity contribution in [3.63, 3.8) is 0 Å². The lowest BCUT2D eigenvalue weighted by Gasteiger charge is -2.40. The van der Waals surface area contributed by atoms with Gasteiger partial charge in [0.05, 0.1) is 0 Å². The summed E-state index contributed by atoms with van der Waals surface area (Å²) in [5, 5.41) is 3.49. The average Bonchev–Trinajstić information content (AvgIpc) is 2.62. The number of piperazine rings is 1. The van der Waals surface area contributed by atoms with Gasteiger partial charge in [0.25, 0.3) is 0 Å². The van der Waals surface area contributed by atoms with Crippen molar-refractivity contribution in [2.75, 3.05) is 45.8 Å². The third-order valence-corrected chi connectivity index (χ3v) is 5.67. The van der Waals surface area contributed by atoms with E-state index in [0.717, 1.165) is 25.4 Å². The van der Waals surface area contributed by atoms with E-state index in [1.165, 1.54) is 56.7 Å². The van der Waals surface area contributed by atoms with Gasteiger partial charge in [-0.15, -0.1) is 0 Å². The van der Waals surface area contributed by atoms with Crippen molar-refractivity contribution in [1.29, 1.82) is 0 Å². The fourth-order valence-electron chi connectivity index (χ4n) is 3.89. The maximum Gasteiger partial charge on any atom is 0.0476 e. The van der Waals surface area contributed by atoms with Gasteiger partial charge in [0, 0.05) is 38.8 Å². The molecule has 0 saturated carbocycles. The van der Waals surface area contributed by atoms with Crippen LogP contribution in [0.5, 0.6) is 0 Å². The van der Waals surface area contributed by atoms with Crippen LogP contribution in [-0.2, 0) is 6.42 Å². The highest BCUT2D eigenvalue weighted by atomic mass is 15.3. The van der Waals surface area contributed by atoms with Crippen LogP contribution in [0.1, 0.15) is 43.9 Å². The van der Waals surface area contributed by atoms with E-state index in [-0.39, 0.29) is 0 Å². The molecule has 1 atom stereocenters. The van der Waals surface area contributed by atoms with Crippen molar-refractivity contribution in [1.82, 2.24) is 15.1 Å². The van der Waals surface area contributed by atoms with E-state index in [9.17, 15) is 0 Å². The summed E-state index contributed by atoms with van der Waals surface area (Å²) in [5.74, 6) is 0.910. The zero-order valence-corrected chi connectivity index (χ0v) is 14.9. The van der Waals surface area contributed by atoms with Crippen LogP contribution < -0.4 is 5.32 Å². The molecule has 3 nitrogen and oxygen atoms in total. The molecule has 0 bridgehead atoms. The third kappa shape index (κ3) is 4.56. The zero-order chi connectivity index (χ0) is 16.1. The molecule has 1 aromatic rings. The van der Waals surface area contributed by atoms with Gasteiger partial charge in [0.15, 0.2) is 0 Å². The molecule has 2 aliphatic rings. The highest BCUT2D eigenvalue weighted by Crippen LogP contribution is 2.25. The topological polar surface area (TPSA) is 18.5 Å². The molecule has 0 radical (unpaired) electrons. The van der Waals surface area contributed by atoms with Gasteiger partial charge in [0.2, 0.25) is 0 Å². The Morgan fingerprint density at radius 1 is 1.04 bits per heavy atom. The number of hydrogen-bond acceptors (Lipinski definition) is 3. The predicted octanol–water partition coefficient (Wildman–Crippen LogP) is 2.93. The molecule has 128 valence electrons. The molecule has 2 saturated heterocycles. The lowest BCUT2D eigenvalue weighted by atomic mass is 9.97. The van der Waals surface area contributed by atoms with E-state index in [1.807, 2.05) is 0 Å². The minimum atomic E-state index is 0.552. The van der Waals surface area contributed by atoms with Crippen molar-refractivity contribution in [2.45, 2.75) is 39.2 Å². The van der Waals surface area contributed by atoms with Crippen LogP contribution >= 0.6 is 0 Å². The fourth-order valence-corrected chi connectivity index (χ4v) is 3.89. The van der Waals surface area contributed by atoms with Crippen LogP contribution in [0.3, 0.4) is 0 Å². The number of benzene rings is 1. The Morgan fingerprint density at radius 3 is 2.30 bits per heavy atom. The van der Waals surface area contributed by atoms with Gasteiger partial charge >= 0.3 is 0 Å². The molecule has 0 spiro atoms. The first kappa shape index (κ1) is 16.9. The fraction of sp³-hybridized carbons (Fsp3) is 0.700. The van der Waals surface area contributed by atoms with Gasteiger partial charge in [-0.05, 0) is 49.4 Å². The Labute approximate surface area is 142 Å². The molecule has 0 aliphatic carbocycles. The molecule has 2 heterocycles. The molecule has 3 heteroatoms. The van der Waals surface area contributed by atoms with Crippen LogP contribution in [0.4, 0.5) is 0 Å². The van der Waals surface area contributed by atoms with Crippen molar-refractivity contribution in [3.8, 4) is 0 Å². The predicted molar refractivity (Wildman–Crippen MR) is 97.8 cm³/mol. The molecule has 2 fully saturated rings. The summed E-state index contributed by atoms with van der Waals surface area (Å²) in [6.45, 7) is 13.0. The summed E-state index contributed by atoms with van der Waals surface area (Å²) in [7, 11) is 0. The summed E-state index contributed by atoms with van der Waals surface area (Å²) in [6.07, 6.45) is 3.86. The van der Waals surface area contributed by atoms with Gasteiger partial charge < -0.3 is 10.2 Å². The van der Waals surface area contributed by atoms with Crippen molar-refractivity contribution >= 4 is 0 Å². The van der Waals surface area contributed by atoms with Crippen LogP contribution in [0.2, 0.25) is 0 Å². The molecular weight excluding hydrogens is 282 g/mol. The quantitative estimate of drug-likeness (QED) is 0.901. The molecule has 1 N–H and O–H groups in total. The summed E-state index contributed by atoms with van der Waals surface area (Å²) in [4.78, 5) is 5.38. The minimum absolute atomic E-state index is 0.552. The molecule has 2 aliphatic heterocycles. The van der Waals surface area contributed by atoms with Crippen LogP contribution in [0.15, 0.2) is 24.3 Å². The van der Waals surface area contributed by atoms with E-state index in [4.69, 9.17) is 0 Å². The van der Waals surface area contributed by atoms with Gasteiger partial charge in [-0.3, -0.25) is 4.90 Å². The number of rotatable bonds is 5. The number of hydrogen-bond donors (Lipinski definition) is 1. The number of piperidine rings is 1. The normalized spacial score (nSPS) is 23.0. The number of nitrogens with one attached hydrogen (secondary N) is 1. The lowest BCUT2D eigenvalue weighted by Crippen LogP contribution is -2.48. The highest BCUT2D eigenvalue weighted by Gasteiger charge is 2.26. The smallest absolute Gasteiger partial charge is 0.0476 e. The monoisotopic (exact) mass is 315 g/mol. The number of likely N-dealkylation sites (tertiary alicyclic amines) is 1. The van der Waals surface area contributed by atoms with Gasteiger partial charge in [0.1, 0.15) is 0 Å². The summed E-state index contributed by atoms with van der Waals surface area (Å²) in [5.41, 5.74) is 2.95. The SMILES string of the molecule is CCc1ccc(C(CN2CCC(C)CC2)N2CCNCC2)cc1. The zero-order valence-electron chi connectivity index (χ0n) is 14.9. The Kier molecular flexibility index (Phi) is 6.09. The Bertz CT molecular complexity index is 456. The van der Waals surface area contributed by atoms with Gasteiger partial charge in [-0.25, -0.2) is 0 Å². The Hall–Kier alpha value is -0.900. The van der Waals surface area contributed by atoms with Gasteiger partial charge in [-0.1, -0.05) is 38.1 Å².